The van der Waals surface area contributed by atoms with E-state index in [0.29, 0.717) is 0 Å². The number of hydrogen-bond acceptors (Lipinski definition) is 4. The summed E-state index contributed by atoms with van der Waals surface area (Å²) in [5.74, 6) is 0.285. The normalized spacial score (nSPS) is 10.2. The van der Waals surface area contributed by atoms with E-state index in [0.717, 1.165) is 4.90 Å². The molecule has 7 heteroatoms. The van der Waals surface area contributed by atoms with Crippen LogP contribution < -0.4 is 5.32 Å². The number of aromatic nitrogens is 2. The van der Waals surface area contributed by atoms with Crippen molar-refractivity contribution in [1.82, 2.24) is 9.97 Å². The van der Waals surface area contributed by atoms with Gasteiger partial charge < -0.3 is 5.32 Å². The Bertz CT molecular complexity index is 580. The molecule has 0 fully saturated rings. The topological polar surface area (TPSA) is 54.9 Å². The highest BCUT2D eigenvalue weighted by Crippen LogP contribution is 2.25. The van der Waals surface area contributed by atoms with E-state index in [2.05, 4.69) is 15.3 Å². The Balaban J connectivity index is 1.93. The van der Waals surface area contributed by atoms with Crippen molar-refractivity contribution >= 4 is 46.7 Å². The second kappa shape index (κ2) is 6.75. The zero-order chi connectivity index (χ0) is 13.7. The molecule has 98 valence electrons. The molecule has 4 nitrogen and oxygen atoms in total. The Hall–Kier alpha value is -1.30. The third-order valence-corrected chi connectivity index (χ3v) is 3.87. The quantitative estimate of drug-likeness (QED) is 0.693. The first kappa shape index (κ1) is 14.1. The van der Waals surface area contributed by atoms with Gasteiger partial charge in [-0.15, -0.1) is 11.8 Å². The van der Waals surface area contributed by atoms with E-state index < -0.39 is 0 Å². The van der Waals surface area contributed by atoms with Gasteiger partial charge in [0.25, 0.3) is 0 Å². The van der Waals surface area contributed by atoms with Gasteiger partial charge in [0.05, 0.1) is 5.75 Å². The van der Waals surface area contributed by atoms with Gasteiger partial charge in [-0.2, -0.15) is 0 Å². The molecular weight excluding hydrogens is 305 g/mol. The van der Waals surface area contributed by atoms with Crippen LogP contribution in [0, 0.1) is 0 Å². The number of rotatable bonds is 4. The fourth-order valence-electron chi connectivity index (χ4n) is 1.27. The molecule has 1 N–H and O–H groups in total. The molecule has 0 unspecified atom stereocenters. The predicted molar refractivity (Wildman–Crippen MR) is 77.8 cm³/mol. The minimum absolute atomic E-state index is 0.114. The number of thioether (sulfide) groups is 1. The lowest BCUT2D eigenvalue weighted by atomic mass is 10.4. The average molecular weight is 314 g/mol. The standard InChI is InChI=1S/C12H9Cl2N3OS/c13-10-11(14)15-7-16-12(10)17-9(18)6-19-8-4-2-1-3-5-8/h1-5,7H,6H2,(H,15,16,17,18). The second-order valence-corrected chi connectivity index (χ2v) is 5.26. The molecule has 0 aliphatic rings. The maximum atomic E-state index is 11.8. The fraction of sp³-hybridized carbons (Fsp3) is 0.0833. The van der Waals surface area contributed by atoms with Crippen molar-refractivity contribution in [3.05, 3.63) is 46.8 Å². The fourth-order valence-corrected chi connectivity index (χ4v) is 2.27. The number of carbonyl (C=O) groups is 1. The Labute approximate surface area is 124 Å². The van der Waals surface area contributed by atoms with Gasteiger partial charge in [0.1, 0.15) is 11.3 Å². The summed E-state index contributed by atoms with van der Waals surface area (Å²) in [5.41, 5.74) is 0. The van der Waals surface area contributed by atoms with Crippen LogP contribution in [0.5, 0.6) is 0 Å². The van der Waals surface area contributed by atoms with Crippen molar-refractivity contribution in [3.8, 4) is 0 Å². The Morgan fingerprint density at radius 2 is 1.95 bits per heavy atom. The Morgan fingerprint density at radius 1 is 1.21 bits per heavy atom. The van der Waals surface area contributed by atoms with Gasteiger partial charge in [-0.3, -0.25) is 4.79 Å². The molecule has 0 atom stereocenters. The molecule has 1 heterocycles. The summed E-state index contributed by atoms with van der Waals surface area (Å²) in [6, 6.07) is 9.63. The molecule has 0 saturated carbocycles. The first-order valence-electron chi connectivity index (χ1n) is 5.30. The van der Waals surface area contributed by atoms with Gasteiger partial charge >= 0.3 is 0 Å². The van der Waals surface area contributed by atoms with Gasteiger partial charge in [0.15, 0.2) is 11.0 Å². The molecule has 0 radical (unpaired) electrons. The number of nitrogens with one attached hydrogen (secondary N) is 1. The van der Waals surface area contributed by atoms with E-state index in [9.17, 15) is 4.79 Å². The molecule has 0 bridgehead atoms. The van der Waals surface area contributed by atoms with Crippen molar-refractivity contribution in [2.24, 2.45) is 0 Å². The summed E-state index contributed by atoms with van der Waals surface area (Å²) in [6.45, 7) is 0. The number of halogens is 2. The lowest BCUT2D eigenvalue weighted by molar-refractivity contribution is -0.113. The van der Waals surface area contributed by atoms with E-state index in [1.807, 2.05) is 30.3 Å². The number of benzene rings is 1. The molecule has 0 saturated heterocycles. The molecule has 1 aromatic carbocycles. The van der Waals surface area contributed by atoms with Crippen molar-refractivity contribution < 1.29 is 4.79 Å². The van der Waals surface area contributed by atoms with Crippen LogP contribution in [0.3, 0.4) is 0 Å². The highest BCUT2D eigenvalue weighted by molar-refractivity contribution is 8.00. The number of nitrogens with zero attached hydrogens (tertiary/aromatic N) is 2. The molecule has 2 aromatic rings. The van der Waals surface area contributed by atoms with Gasteiger partial charge in [-0.1, -0.05) is 41.4 Å². The van der Waals surface area contributed by atoms with Crippen LogP contribution in [-0.4, -0.2) is 21.6 Å². The number of anilines is 1. The number of hydrogen-bond donors (Lipinski definition) is 1. The maximum Gasteiger partial charge on any atom is 0.235 e. The maximum absolute atomic E-state index is 11.8. The molecule has 0 aliphatic heterocycles. The van der Waals surface area contributed by atoms with Crippen molar-refractivity contribution in [1.29, 1.82) is 0 Å². The minimum atomic E-state index is -0.203. The van der Waals surface area contributed by atoms with Crippen molar-refractivity contribution in [2.75, 3.05) is 11.1 Å². The average Bonchev–Trinajstić information content (AvgIpc) is 2.43. The molecular formula is C12H9Cl2N3OS. The van der Waals surface area contributed by atoms with Crippen LogP contribution in [-0.2, 0) is 4.79 Å². The predicted octanol–water partition coefficient (Wildman–Crippen LogP) is 3.51. The highest BCUT2D eigenvalue weighted by Gasteiger charge is 2.10. The molecule has 1 amide bonds. The smallest absolute Gasteiger partial charge is 0.235 e. The minimum Gasteiger partial charge on any atom is -0.309 e. The van der Waals surface area contributed by atoms with Crippen LogP contribution in [0.1, 0.15) is 0 Å². The highest BCUT2D eigenvalue weighted by atomic mass is 35.5. The van der Waals surface area contributed by atoms with Crippen molar-refractivity contribution in [2.45, 2.75) is 4.90 Å². The van der Waals surface area contributed by atoms with E-state index in [1.165, 1.54) is 18.1 Å². The van der Waals surface area contributed by atoms with Crippen LogP contribution in [0.4, 0.5) is 5.82 Å². The first-order valence-corrected chi connectivity index (χ1v) is 7.04. The van der Waals surface area contributed by atoms with Gasteiger partial charge in [0.2, 0.25) is 5.91 Å². The van der Waals surface area contributed by atoms with Crippen LogP contribution >= 0.6 is 35.0 Å². The second-order valence-electron chi connectivity index (χ2n) is 3.48. The Kier molecular flexibility index (Phi) is 5.01. The van der Waals surface area contributed by atoms with Gasteiger partial charge in [-0.25, -0.2) is 9.97 Å². The van der Waals surface area contributed by atoms with Crippen LogP contribution in [0.25, 0.3) is 0 Å². The summed E-state index contributed by atoms with van der Waals surface area (Å²) >= 11 is 13.0. The summed E-state index contributed by atoms with van der Waals surface area (Å²) in [7, 11) is 0. The zero-order valence-electron chi connectivity index (χ0n) is 9.64. The lowest BCUT2D eigenvalue weighted by Gasteiger charge is -2.06. The van der Waals surface area contributed by atoms with Gasteiger partial charge in [-0.05, 0) is 12.1 Å². The molecule has 1 aromatic heterocycles. The van der Waals surface area contributed by atoms with Crippen LogP contribution in [0.2, 0.25) is 10.2 Å². The van der Waals surface area contributed by atoms with Crippen molar-refractivity contribution in [3.63, 3.8) is 0 Å². The van der Waals surface area contributed by atoms with Crippen LogP contribution in [0.15, 0.2) is 41.6 Å². The molecule has 19 heavy (non-hydrogen) atoms. The third kappa shape index (κ3) is 4.09. The first-order chi connectivity index (χ1) is 9.16. The summed E-state index contributed by atoms with van der Waals surface area (Å²) in [5, 5.41) is 2.85. The summed E-state index contributed by atoms with van der Waals surface area (Å²) in [4.78, 5) is 20.3. The zero-order valence-corrected chi connectivity index (χ0v) is 12.0. The number of amides is 1. The van der Waals surface area contributed by atoms with E-state index in [4.69, 9.17) is 23.2 Å². The van der Waals surface area contributed by atoms with E-state index >= 15 is 0 Å². The Morgan fingerprint density at radius 3 is 2.68 bits per heavy atom. The SMILES string of the molecule is O=C(CSc1ccccc1)Nc1ncnc(Cl)c1Cl. The van der Waals surface area contributed by atoms with Gasteiger partial charge in [0, 0.05) is 4.90 Å². The third-order valence-electron chi connectivity index (χ3n) is 2.12. The monoisotopic (exact) mass is 313 g/mol. The van der Waals surface area contributed by atoms with E-state index in [-0.39, 0.29) is 27.7 Å². The molecule has 0 spiro atoms. The summed E-state index contributed by atoms with van der Waals surface area (Å²) < 4.78 is 0. The summed E-state index contributed by atoms with van der Waals surface area (Å²) in [6.07, 6.45) is 1.24. The lowest BCUT2D eigenvalue weighted by Crippen LogP contribution is -2.15. The molecule has 2 rings (SSSR count). The number of carbonyl (C=O) groups excluding carboxylic acids is 1. The largest absolute Gasteiger partial charge is 0.309 e. The van der Waals surface area contributed by atoms with E-state index in [1.54, 1.807) is 0 Å². The molecule has 0 aliphatic carbocycles.